The molecule has 2 amide bonds. The van der Waals surface area contributed by atoms with Crippen LogP contribution in [0.1, 0.15) is 35.1 Å². The number of nitrogens with zero attached hydrogens (tertiary/aromatic N) is 2. The highest BCUT2D eigenvalue weighted by Crippen LogP contribution is 2.37. The lowest BCUT2D eigenvalue weighted by atomic mass is 10.00. The molecule has 0 aliphatic carbocycles. The van der Waals surface area contributed by atoms with Crippen molar-refractivity contribution in [1.29, 1.82) is 0 Å². The topological polar surface area (TPSA) is 40.6 Å². The lowest BCUT2D eigenvalue weighted by Crippen LogP contribution is -2.32. The second kappa shape index (κ2) is 5.97. The zero-order chi connectivity index (χ0) is 17.7. The maximum absolute atomic E-state index is 11.5. The zero-order valence-electron chi connectivity index (χ0n) is 14.8. The number of anilines is 2. The largest absolute Gasteiger partial charge is 0.312 e. The smallest absolute Gasteiger partial charge is 0.227 e. The molecule has 0 saturated carbocycles. The average Bonchev–Trinajstić information content (AvgIpc) is 3.29. The summed E-state index contributed by atoms with van der Waals surface area (Å²) in [7, 11) is 0. The van der Waals surface area contributed by atoms with E-state index in [1.807, 2.05) is 9.80 Å². The summed E-state index contributed by atoms with van der Waals surface area (Å²) in [5, 5.41) is 0. The van der Waals surface area contributed by atoms with E-state index in [0.717, 1.165) is 38.8 Å². The predicted octanol–water partition coefficient (Wildman–Crippen LogP) is 3.04. The summed E-state index contributed by atoms with van der Waals surface area (Å²) in [5.74, 6) is 0.606. The number of rotatable bonds is 0. The maximum atomic E-state index is 11.5. The van der Waals surface area contributed by atoms with Crippen LogP contribution in [0.2, 0.25) is 0 Å². The third-order valence-electron chi connectivity index (χ3n) is 5.97. The van der Waals surface area contributed by atoms with Crippen molar-refractivity contribution in [3.8, 4) is 0 Å². The summed E-state index contributed by atoms with van der Waals surface area (Å²) >= 11 is 0. The molecule has 2 aromatic rings. The molecule has 4 nitrogen and oxygen atoms in total. The van der Waals surface area contributed by atoms with Gasteiger partial charge < -0.3 is 9.80 Å². The summed E-state index contributed by atoms with van der Waals surface area (Å²) in [6, 6.07) is 12.8. The molecule has 26 heavy (non-hydrogen) atoms. The van der Waals surface area contributed by atoms with Gasteiger partial charge in [0.1, 0.15) is 0 Å². The maximum Gasteiger partial charge on any atom is 0.227 e. The summed E-state index contributed by atoms with van der Waals surface area (Å²) in [6.07, 6.45) is 5.31. The molecular formula is C22H22N2O2. The van der Waals surface area contributed by atoms with E-state index >= 15 is 0 Å². The fraction of sp³-hybridized carbons (Fsp3) is 0.364. The van der Waals surface area contributed by atoms with Gasteiger partial charge in [-0.1, -0.05) is 36.4 Å². The zero-order valence-corrected chi connectivity index (χ0v) is 14.8. The number of benzene rings is 2. The van der Waals surface area contributed by atoms with E-state index in [9.17, 15) is 9.59 Å². The SMILES string of the molecule is O=C1CCc2cccc3c2N1CC3.O=C1CCc2cccc3c2N1CC3. The lowest BCUT2D eigenvalue weighted by molar-refractivity contribution is -0.119. The van der Waals surface area contributed by atoms with Gasteiger partial charge >= 0.3 is 0 Å². The molecule has 0 bridgehead atoms. The number of aryl methyl sites for hydroxylation is 2. The van der Waals surface area contributed by atoms with E-state index in [0.29, 0.717) is 24.7 Å². The van der Waals surface area contributed by atoms with Crippen molar-refractivity contribution >= 4 is 23.2 Å². The molecule has 2 aromatic carbocycles. The van der Waals surface area contributed by atoms with Crippen molar-refractivity contribution in [2.45, 2.75) is 38.5 Å². The summed E-state index contributed by atoms with van der Waals surface area (Å²) in [6.45, 7) is 1.79. The van der Waals surface area contributed by atoms with Crippen molar-refractivity contribution in [3.05, 3.63) is 58.7 Å². The van der Waals surface area contributed by atoms with Gasteiger partial charge in [0, 0.05) is 25.9 Å². The Labute approximate surface area is 153 Å². The highest BCUT2D eigenvalue weighted by molar-refractivity contribution is 5.99. The van der Waals surface area contributed by atoms with Gasteiger partial charge in [-0.15, -0.1) is 0 Å². The first kappa shape index (κ1) is 15.6. The quantitative estimate of drug-likeness (QED) is 0.736. The molecule has 0 fully saturated rings. The molecule has 0 unspecified atom stereocenters. The predicted molar refractivity (Wildman–Crippen MR) is 102 cm³/mol. The second-order valence-electron chi connectivity index (χ2n) is 7.44. The Balaban J connectivity index is 0.000000115. The van der Waals surface area contributed by atoms with E-state index in [4.69, 9.17) is 0 Å². The Morgan fingerprint density at radius 2 is 0.923 bits per heavy atom. The van der Waals surface area contributed by atoms with Gasteiger partial charge in [0.15, 0.2) is 0 Å². The van der Waals surface area contributed by atoms with Crippen LogP contribution >= 0.6 is 0 Å². The van der Waals surface area contributed by atoms with Crippen molar-refractivity contribution in [1.82, 2.24) is 0 Å². The Morgan fingerprint density at radius 1 is 0.538 bits per heavy atom. The number of hydrogen-bond donors (Lipinski definition) is 0. The molecular weight excluding hydrogens is 324 g/mol. The van der Waals surface area contributed by atoms with E-state index in [-0.39, 0.29) is 0 Å². The molecule has 0 aromatic heterocycles. The minimum absolute atomic E-state index is 0.303. The minimum atomic E-state index is 0.303. The van der Waals surface area contributed by atoms with Gasteiger partial charge in [-0.25, -0.2) is 0 Å². The molecule has 0 N–H and O–H groups in total. The first-order chi connectivity index (χ1) is 12.7. The average molecular weight is 346 g/mol. The Hall–Kier alpha value is -2.62. The highest BCUT2D eigenvalue weighted by atomic mass is 16.2. The van der Waals surface area contributed by atoms with Crippen LogP contribution in [-0.2, 0) is 35.3 Å². The van der Waals surface area contributed by atoms with Gasteiger partial charge in [0.25, 0.3) is 0 Å². The van der Waals surface area contributed by atoms with E-state index in [1.165, 1.54) is 33.6 Å². The van der Waals surface area contributed by atoms with Crippen LogP contribution < -0.4 is 9.80 Å². The third kappa shape index (κ3) is 2.36. The van der Waals surface area contributed by atoms with Crippen molar-refractivity contribution < 1.29 is 9.59 Å². The number of carbonyl (C=O) groups is 2. The molecule has 132 valence electrons. The van der Waals surface area contributed by atoms with Gasteiger partial charge in [0.05, 0.1) is 11.4 Å². The first-order valence-electron chi connectivity index (χ1n) is 9.54. The molecule has 0 spiro atoms. The summed E-state index contributed by atoms with van der Waals surface area (Å²) in [5.41, 5.74) is 7.86. The number of para-hydroxylation sites is 2. The van der Waals surface area contributed by atoms with Gasteiger partial charge in [0.2, 0.25) is 11.8 Å². The van der Waals surface area contributed by atoms with Crippen molar-refractivity contribution in [2.75, 3.05) is 22.9 Å². The Bertz CT molecular complexity index is 843. The van der Waals surface area contributed by atoms with Crippen LogP contribution in [0.3, 0.4) is 0 Å². The van der Waals surface area contributed by atoms with Crippen LogP contribution in [0.4, 0.5) is 11.4 Å². The number of hydrogen-bond acceptors (Lipinski definition) is 2. The standard InChI is InChI=1S/2C11H11NO/c2*13-10-5-4-8-2-1-3-9-6-7-12(10)11(8)9/h2*1-3H,4-7H2. The van der Waals surface area contributed by atoms with Crippen molar-refractivity contribution in [2.24, 2.45) is 0 Å². The molecule has 0 radical (unpaired) electrons. The molecule has 0 saturated heterocycles. The molecule has 4 aliphatic rings. The van der Waals surface area contributed by atoms with Crippen LogP contribution in [-0.4, -0.2) is 24.9 Å². The van der Waals surface area contributed by atoms with Crippen LogP contribution in [0.5, 0.6) is 0 Å². The van der Waals surface area contributed by atoms with E-state index < -0.39 is 0 Å². The molecule has 6 rings (SSSR count). The second-order valence-corrected chi connectivity index (χ2v) is 7.44. The van der Waals surface area contributed by atoms with E-state index in [1.54, 1.807) is 0 Å². The normalized spacial score (nSPS) is 19.1. The third-order valence-corrected chi connectivity index (χ3v) is 5.97. The molecule has 4 aliphatic heterocycles. The van der Waals surface area contributed by atoms with Gasteiger partial charge in [-0.05, 0) is 47.9 Å². The lowest BCUT2D eigenvalue weighted by Gasteiger charge is -2.24. The highest BCUT2D eigenvalue weighted by Gasteiger charge is 2.31. The fourth-order valence-electron chi connectivity index (χ4n) is 4.73. The van der Waals surface area contributed by atoms with Crippen molar-refractivity contribution in [3.63, 3.8) is 0 Å². The summed E-state index contributed by atoms with van der Waals surface area (Å²) < 4.78 is 0. The molecule has 0 atom stereocenters. The number of carbonyl (C=O) groups excluding carboxylic acids is 2. The van der Waals surface area contributed by atoms with Crippen LogP contribution in [0, 0.1) is 0 Å². The molecule has 4 heteroatoms. The monoisotopic (exact) mass is 346 g/mol. The fourth-order valence-corrected chi connectivity index (χ4v) is 4.73. The van der Waals surface area contributed by atoms with Crippen LogP contribution in [0.25, 0.3) is 0 Å². The van der Waals surface area contributed by atoms with E-state index in [2.05, 4.69) is 36.4 Å². The first-order valence-corrected chi connectivity index (χ1v) is 9.54. The number of amides is 2. The molecule has 4 heterocycles. The Morgan fingerprint density at radius 3 is 1.35 bits per heavy atom. The van der Waals surface area contributed by atoms with Gasteiger partial charge in [-0.3, -0.25) is 9.59 Å². The minimum Gasteiger partial charge on any atom is -0.312 e. The summed E-state index contributed by atoms with van der Waals surface area (Å²) in [4.78, 5) is 27.0. The van der Waals surface area contributed by atoms with Crippen LogP contribution in [0.15, 0.2) is 36.4 Å². The van der Waals surface area contributed by atoms with Gasteiger partial charge in [-0.2, -0.15) is 0 Å². The Kier molecular flexibility index (Phi) is 3.59.